The minimum absolute atomic E-state index is 0.0898. The normalized spacial score (nSPS) is 12.6. The fraction of sp³-hybridized carbons (Fsp3) is 0.333. The Hall–Kier alpha value is -3.02. The standard InChI is InChI=1S/C21H24N2O4/c1-14(24)23(15-9-10-18-19(11-15)27-13-26-18)12-20(25)22-17-8-6-5-7-16(17)21(2,3)4/h5-11H,12-13H2,1-4H3,(H,22,25). The molecule has 0 spiro atoms. The summed E-state index contributed by atoms with van der Waals surface area (Å²) in [6.07, 6.45) is 0. The molecule has 0 radical (unpaired) electrons. The number of carbonyl (C=O) groups is 2. The summed E-state index contributed by atoms with van der Waals surface area (Å²) in [4.78, 5) is 26.2. The maximum atomic E-state index is 12.7. The van der Waals surface area contributed by atoms with Crippen molar-refractivity contribution in [2.45, 2.75) is 33.1 Å². The van der Waals surface area contributed by atoms with Crippen molar-refractivity contribution in [3.63, 3.8) is 0 Å². The number of rotatable bonds is 4. The van der Waals surface area contributed by atoms with Crippen LogP contribution in [0.15, 0.2) is 42.5 Å². The van der Waals surface area contributed by atoms with Gasteiger partial charge in [0.05, 0.1) is 0 Å². The van der Waals surface area contributed by atoms with Crippen molar-refractivity contribution in [3.8, 4) is 11.5 Å². The van der Waals surface area contributed by atoms with Gasteiger partial charge in [0.15, 0.2) is 11.5 Å². The molecular weight excluding hydrogens is 344 g/mol. The van der Waals surface area contributed by atoms with Crippen LogP contribution in [-0.4, -0.2) is 25.2 Å². The lowest BCUT2D eigenvalue weighted by Crippen LogP contribution is -2.37. The second-order valence-electron chi connectivity index (χ2n) is 7.49. The SMILES string of the molecule is CC(=O)N(CC(=O)Nc1ccccc1C(C)(C)C)c1ccc2c(c1)OCO2. The number of amides is 2. The zero-order chi connectivity index (χ0) is 19.6. The monoisotopic (exact) mass is 368 g/mol. The van der Waals surface area contributed by atoms with Gasteiger partial charge in [-0.15, -0.1) is 0 Å². The van der Waals surface area contributed by atoms with Crippen LogP contribution in [0.3, 0.4) is 0 Å². The van der Waals surface area contributed by atoms with E-state index in [-0.39, 0.29) is 30.6 Å². The number of anilines is 2. The van der Waals surface area contributed by atoms with Gasteiger partial charge in [-0.05, 0) is 29.2 Å². The van der Waals surface area contributed by atoms with Gasteiger partial charge in [0, 0.05) is 24.4 Å². The Kier molecular flexibility index (Phi) is 5.08. The number of hydrogen-bond donors (Lipinski definition) is 1. The molecule has 6 nitrogen and oxygen atoms in total. The van der Waals surface area contributed by atoms with Gasteiger partial charge in [-0.2, -0.15) is 0 Å². The Morgan fingerprint density at radius 3 is 2.48 bits per heavy atom. The van der Waals surface area contributed by atoms with Crippen LogP contribution < -0.4 is 19.7 Å². The highest BCUT2D eigenvalue weighted by Crippen LogP contribution is 2.35. The smallest absolute Gasteiger partial charge is 0.244 e. The molecule has 0 aliphatic carbocycles. The van der Waals surface area contributed by atoms with Gasteiger partial charge in [-0.25, -0.2) is 0 Å². The van der Waals surface area contributed by atoms with Crippen LogP contribution in [0, 0.1) is 0 Å². The largest absolute Gasteiger partial charge is 0.454 e. The molecule has 0 saturated carbocycles. The molecule has 0 bridgehead atoms. The molecule has 2 aromatic carbocycles. The summed E-state index contributed by atoms with van der Waals surface area (Å²) in [6.45, 7) is 7.77. The minimum Gasteiger partial charge on any atom is -0.454 e. The zero-order valence-electron chi connectivity index (χ0n) is 16.0. The maximum Gasteiger partial charge on any atom is 0.244 e. The van der Waals surface area contributed by atoms with Crippen LogP contribution in [-0.2, 0) is 15.0 Å². The van der Waals surface area contributed by atoms with Gasteiger partial charge >= 0.3 is 0 Å². The Labute approximate surface area is 159 Å². The molecule has 0 saturated heterocycles. The summed E-state index contributed by atoms with van der Waals surface area (Å²) >= 11 is 0. The number of carbonyl (C=O) groups excluding carboxylic acids is 2. The Morgan fingerprint density at radius 2 is 1.78 bits per heavy atom. The molecule has 6 heteroatoms. The summed E-state index contributed by atoms with van der Waals surface area (Å²) in [5.41, 5.74) is 2.27. The number of para-hydroxylation sites is 1. The van der Waals surface area contributed by atoms with E-state index in [1.165, 1.54) is 11.8 Å². The highest BCUT2D eigenvalue weighted by atomic mass is 16.7. The lowest BCUT2D eigenvalue weighted by atomic mass is 9.86. The average Bonchev–Trinajstić information content (AvgIpc) is 3.06. The van der Waals surface area contributed by atoms with Crippen molar-refractivity contribution < 1.29 is 19.1 Å². The molecule has 1 heterocycles. The Morgan fingerprint density at radius 1 is 1.07 bits per heavy atom. The quantitative estimate of drug-likeness (QED) is 0.893. The zero-order valence-corrected chi connectivity index (χ0v) is 16.0. The van der Waals surface area contributed by atoms with E-state index in [2.05, 4.69) is 26.1 Å². The third-order valence-corrected chi connectivity index (χ3v) is 4.36. The molecule has 0 fully saturated rings. The molecule has 27 heavy (non-hydrogen) atoms. The summed E-state index contributed by atoms with van der Waals surface area (Å²) in [7, 11) is 0. The van der Waals surface area contributed by atoms with Crippen molar-refractivity contribution in [2.24, 2.45) is 0 Å². The van der Waals surface area contributed by atoms with Gasteiger partial charge in [-0.1, -0.05) is 39.0 Å². The number of ether oxygens (including phenoxy) is 2. The van der Waals surface area contributed by atoms with Crippen molar-refractivity contribution in [2.75, 3.05) is 23.6 Å². The lowest BCUT2D eigenvalue weighted by molar-refractivity contribution is -0.120. The third kappa shape index (κ3) is 4.22. The molecule has 0 aromatic heterocycles. The van der Waals surface area contributed by atoms with E-state index in [0.29, 0.717) is 17.2 Å². The molecule has 2 amide bonds. The van der Waals surface area contributed by atoms with Crippen LogP contribution >= 0.6 is 0 Å². The average molecular weight is 368 g/mol. The summed E-state index contributed by atoms with van der Waals surface area (Å²) in [5, 5.41) is 2.94. The summed E-state index contributed by atoms with van der Waals surface area (Å²) < 4.78 is 10.7. The molecular formula is C21H24N2O4. The number of fused-ring (bicyclic) bond motifs is 1. The van der Waals surface area contributed by atoms with Gasteiger partial charge < -0.3 is 19.7 Å². The van der Waals surface area contributed by atoms with Crippen LogP contribution in [0.25, 0.3) is 0 Å². The van der Waals surface area contributed by atoms with Gasteiger partial charge in [0.2, 0.25) is 18.6 Å². The molecule has 2 aromatic rings. The third-order valence-electron chi connectivity index (χ3n) is 4.36. The summed E-state index contributed by atoms with van der Waals surface area (Å²) in [6, 6.07) is 12.9. The van der Waals surface area contributed by atoms with Crippen molar-refractivity contribution in [3.05, 3.63) is 48.0 Å². The fourth-order valence-electron chi connectivity index (χ4n) is 3.02. The number of nitrogens with zero attached hydrogens (tertiary/aromatic N) is 1. The number of benzene rings is 2. The van der Waals surface area contributed by atoms with Crippen LogP contribution in [0.4, 0.5) is 11.4 Å². The highest BCUT2D eigenvalue weighted by molar-refractivity contribution is 6.02. The minimum atomic E-state index is -0.264. The van der Waals surface area contributed by atoms with Crippen LogP contribution in [0.5, 0.6) is 11.5 Å². The van der Waals surface area contributed by atoms with Crippen molar-refractivity contribution in [1.29, 1.82) is 0 Å². The van der Waals surface area contributed by atoms with E-state index in [0.717, 1.165) is 11.3 Å². The first-order valence-corrected chi connectivity index (χ1v) is 8.83. The van der Waals surface area contributed by atoms with Gasteiger partial charge in [0.25, 0.3) is 0 Å². The van der Waals surface area contributed by atoms with Crippen LogP contribution in [0.1, 0.15) is 33.3 Å². The van der Waals surface area contributed by atoms with E-state index >= 15 is 0 Å². The number of hydrogen-bond acceptors (Lipinski definition) is 4. The highest BCUT2D eigenvalue weighted by Gasteiger charge is 2.22. The predicted octanol–water partition coefficient (Wildman–Crippen LogP) is 3.70. The predicted molar refractivity (Wildman–Crippen MR) is 104 cm³/mol. The van der Waals surface area contributed by atoms with Crippen molar-refractivity contribution in [1.82, 2.24) is 0 Å². The second kappa shape index (κ2) is 7.31. The molecule has 1 N–H and O–H groups in total. The molecule has 1 aliphatic rings. The van der Waals surface area contributed by atoms with Gasteiger partial charge in [-0.3, -0.25) is 9.59 Å². The van der Waals surface area contributed by atoms with E-state index in [9.17, 15) is 9.59 Å². The molecule has 0 unspecified atom stereocenters. The first-order chi connectivity index (χ1) is 12.8. The molecule has 142 valence electrons. The Balaban J connectivity index is 1.78. The topological polar surface area (TPSA) is 67.9 Å². The maximum absolute atomic E-state index is 12.7. The molecule has 1 aliphatic heterocycles. The van der Waals surface area contributed by atoms with E-state index in [1.54, 1.807) is 18.2 Å². The molecule has 3 rings (SSSR count). The van der Waals surface area contributed by atoms with E-state index in [4.69, 9.17) is 9.47 Å². The molecule has 0 atom stereocenters. The number of nitrogens with one attached hydrogen (secondary N) is 1. The van der Waals surface area contributed by atoms with Crippen molar-refractivity contribution >= 4 is 23.2 Å². The first kappa shape index (κ1) is 18.8. The van der Waals surface area contributed by atoms with Gasteiger partial charge in [0.1, 0.15) is 6.54 Å². The fourth-order valence-corrected chi connectivity index (χ4v) is 3.02. The Bertz CT molecular complexity index is 871. The van der Waals surface area contributed by atoms with E-state index in [1.807, 2.05) is 24.3 Å². The first-order valence-electron chi connectivity index (χ1n) is 8.83. The van der Waals surface area contributed by atoms with Crippen LogP contribution in [0.2, 0.25) is 0 Å². The second-order valence-corrected chi connectivity index (χ2v) is 7.49. The summed E-state index contributed by atoms with van der Waals surface area (Å²) in [5.74, 6) is 0.704. The van der Waals surface area contributed by atoms with E-state index < -0.39 is 0 Å². The lowest BCUT2D eigenvalue weighted by Gasteiger charge is -2.24.